The molecule has 0 aliphatic carbocycles. The zero-order chi connectivity index (χ0) is 16.4. The van der Waals surface area contributed by atoms with Gasteiger partial charge in [-0.15, -0.1) is 0 Å². The minimum absolute atomic E-state index is 0.0523. The van der Waals surface area contributed by atoms with E-state index in [9.17, 15) is 4.79 Å². The van der Waals surface area contributed by atoms with Crippen molar-refractivity contribution in [2.75, 3.05) is 35.6 Å². The van der Waals surface area contributed by atoms with Crippen LogP contribution in [0.3, 0.4) is 0 Å². The molecule has 0 spiro atoms. The van der Waals surface area contributed by atoms with Crippen LogP contribution in [-0.2, 0) is 4.79 Å². The molecule has 1 aliphatic rings. The molecule has 2 aromatic rings. The first kappa shape index (κ1) is 15.2. The largest absolute Gasteiger partial charge is 0.490 e. The van der Waals surface area contributed by atoms with Gasteiger partial charge in [-0.2, -0.15) is 0 Å². The van der Waals surface area contributed by atoms with Crippen LogP contribution in [0, 0.1) is 13.8 Å². The van der Waals surface area contributed by atoms with Crippen LogP contribution in [0.5, 0.6) is 5.75 Å². The zero-order valence-corrected chi connectivity index (χ0v) is 13.4. The first-order chi connectivity index (χ1) is 11.0. The van der Waals surface area contributed by atoms with E-state index in [2.05, 4.69) is 12.2 Å². The Bertz CT molecular complexity index is 743. The molecule has 1 amide bonds. The number of fused-ring (bicyclic) bond motifs is 1. The summed E-state index contributed by atoms with van der Waals surface area (Å²) >= 11 is 0. The maximum atomic E-state index is 12.3. The molecule has 0 radical (unpaired) electrons. The number of hydrogen-bond acceptors (Lipinski definition) is 4. The minimum Gasteiger partial charge on any atom is -0.490 e. The van der Waals surface area contributed by atoms with Gasteiger partial charge in [0.15, 0.2) is 0 Å². The van der Waals surface area contributed by atoms with E-state index in [-0.39, 0.29) is 12.5 Å². The van der Waals surface area contributed by atoms with Gasteiger partial charge in [-0.3, -0.25) is 4.79 Å². The fourth-order valence-electron chi connectivity index (χ4n) is 2.65. The number of ether oxygens (including phenoxy) is 1. The molecule has 0 saturated heterocycles. The standard InChI is InChI=1S/C18H21N3O2/c1-12-3-5-15(9-13(12)2)20-18(22)11-21-7-8-23-17-6-4-14(19)10-16(17)21/h3-6,9-10H,7-8,11,19H2,1-2H3,(H,20,22). The van der Waals surface area contributed by atoms with Crippen molar-refractivity contribution in [3.8, 4) is 5.75 Å². The molecular formula is C18H21N3O2. The van der Waals surface area contributed by atoms with E-state index in [0.29, 0.717) is 18.8 Å². The molecule has 0 saturated carbocycles. The topological polar surface area (TPSA) is 67.6 Å². The van der Waals surface area contributed by atoms with Crippen LogP contribution < -0.4 is 20.7 Å². The lowest BCUT2D eigenvalue weighted by atomic mass is 10.1. The van der Waals surface area contributed by atoms with Gasteiger partial charge in [0.05, 0.1) is 18.8 Å². The molecule has 3 rings (SSSR count). The predicted molar refractivity (Wildman–Crippen MR) is 93.1 cm³/mol. The molecule has 2 aromatic carbocycles. The van der Waals surface area contributed by atoms with E-state index < -0.39 is 0 Å². The second-order valence-corrected chi connectivity index (χ2v) is 5.84. The van der Waals surface area contributed by atoms with E-state index in [4.69, 9.17) is 10.5 Å². The Morgan fingerprint density at radius 2 is 2.04 bits per heavy atom. The SMILES string of the molecule is Cc1ccc(NC(=O)CN2CCOc3ccc(N)cc32)cc1C. The quantitative estimate of drug-likeness (QED) is 0.855. The number of benzene rings is 2. The summed E-state index contributed by atoms with van der Waals surface area (Å²) in [4.78, 5) is 14.3. The van der Waals surface area contributed by atoms with E-state index in [0.717, 1.165) is 22.7 Å². The fourth-order valence-corrected chi connectivity index (χ4v) is 2.65. The first-order valence-electron chi connectivity index (χ1n) is 7.67. The van der Waals surface area contributed by atoms with E-state index in [1.165, 1.54) is 5.56 Å². The van der Waals surface area contributed by atoms with Gasteiger partial charge in [-0.25, -0.2) is 0 Å². The summed E-state index contributed by atoms with van der Waals surface area (Å²) in [6.45, 7) is 5.58. The molecular weight excluding hydrogens is 290 g/mol. The number of aryl methyl sites for hydroxylation is 2. The van der Waals surface area contributed by atoms with Crippen LogP contribution in [0.15, 0.2) is 36.4 Å². The van der Waals surface area contributed by atoms with Crippen LogP contribution in [0.1, 0.15) is 11.1 Å². The van der Waals surface area contributed by atoms with Crippen molar-refractivity contribution in [3.63, 3.8) is 0 Å². The zero-order valence-electron chi connectivity index (χ0n) is 13.4. The highest BCUT2D eigenvalue weighted by Crippen LogP contribution is 2.33. The number of rotatable bonds is 3. The van der Waals surface area contributed by atoms with E-state index >= 15 is 0 Å². The Labute approximate surface area is 136 Å². The number of carbonyl (C=O) groups excluding carboxylic acids is 1. The average molecular weight is 311 g/mol. The molecule has 0 atom stereocenters. The predicted octanol–water partition coefficient (Wildman–Crippen LogP) is 2.72. The van der Waals surface area contributed by atoms with Crippen LogP contribution in [0.2, 0.25) is 0 Å². The minimum atomic E-state index is -0.0523. The normalized spacial score (nSPS) is 13.2. The summed E-state index contributed by atoms with van der Waals surface area (Å²) in [7, 11) is 0. The van der Waals surface area contributed by atoms with Gasteiger partial charge < -0.3 is 20.7 Å². The summed E-state index contributed by atoms with van der Waals surface area (Å²) in [6, 6.07) is 11.4. The van der Waals surface area contributed by atoms with Gasteiger partial charge in [0, 0.05) is 11.4 Å². The number of nitrogens with two attached hydrogens (primary N) is 1. The molecule has 0 unspecified atom stereocenters. The number of anilines is 3. The Morgan fingerprint density at radius 3 is 2.83 bits per heavy atom. The lowest BCUT2D eigenvalue weighted by Crippen LogP contribution is -2.38. The summed E-state index contributed by atoms with van der Waals surface area (Å²) in [6.07, 6.45) is 0. The first-order valence-corrected chi connectivity index (χ1v) is 7.67. The Morgan fingerprint density at radius 1 is 1.22 bits per heavy atom. The van der Waals surface area contributed by atoms with E-state index in [1.54, 1.807) is 6.07 Å². The van der Waals surface area contributed by atoms with Crippen LogP contribution >= 0.6 is 0 Å². The molecule has 5 nitrogen and oxygen atoms in total. The van der Waals surface area contributed by atoms with Gasteiger partial charge in [-0.05, 0) is 55.3 Å². The van der Waals surface area contributed by atoms with Crippen molar-refractivity contribution in [2.45, 2.75) is 13.8 Å². The average Bonchev–Trinajstić information content (AvgIpc) is 2.51. The highest BCUT2D eigenvalue weighted by Gasteiger charge is 2.20. The lowest BCUT2D eigenvalue weighted by molar-refractivity contribution is -0.115. The number of nitrogens with zero attached hydrogens (tertiary/aromatic N) is 1. The van der Waals surface area contributed by atoms with E-state index in [1.807, 2.05) is 42.2 Å². The second-order valence-electron chi connectivity index (χ2n) is 5.84. The molecule has 3 N–H and O–H groups in total. The van der Waals surface area contributed by atoms with Crippen molar-refractivity contribution in [2.24, 2.45) is 0 Å². The molecule has 23 heavy (non-hydrogen) atoms. The van der Waals surface area contributed by atoms with Crippen molar-refractivity contribution in [1.29, 1.82) is 0 Å². The molecule has 1 aliphatic heterocycles. The maximum absolute atomic E-state index is 12.3. The third-order valence-corrected chi connectivity index (χ3v) is 4.07. The Kier molecular flexibility index (Phi) is 4.10. The van der Waals surface area contributed by atoms with Crippen molar-refractivity contribution < 1.29 is 9.53 Å². The van der Waals surface area contributed by atoms with Gasteiger partial charge in [0.2, 0.25) is 5.91 Å². The number of nitrogens with one attached hydrogen (secondary N) is 1. The van der Waals surface area contributed by atoms with Crippen LogP contribution in [0.4, 0.5) is 17.1 Å². The lowest BCUT2D eigenvalue weighted by Gasteiger charge is -2.30. The molecule has 120 valence electrons. The Balaban J connectivity index is 1.71. The van der Waals surface area contributed by atoms with Crippen LogP contribution in [0.25, 0.3) is 0 Å². The smallest absolute Gasteiger partial charge is 0.243 e. The highest BCUT2D eigenvalue weighted by atomic mass is 16.5. The summed E-state index contributed by atoms with van der Waals surface area (Å²) < 4.78 is 5.61. The third kappa shape index (κ3) is 3.39. The molecule has 0 fully saturated rings. The maximum Gasteiger partial charge on any atom is 0.243 e. The second kappa shape index (κ2) is 6.20. The molecule has 1 heterocycles. The number of amides is 1. The summed E-state index contributed by atoms with van der Waals surface area (Å²) in [5, 5.41) is 2.95. The monoisotopic (exact) mass is 311 g/mol. The number of hydrogen-bond donors (Lipinski definition) is 2. The molecule has 0 aromatic heterocycles. The van der Waals surface area contributed by atoms with Crippen LogP contribution in [-0.4, -0.2) is 25.6 Å². The fraction of sp³-hybridized carbons (Fsp3) is 0.278. The highest BCUT2D eigenvalue weighted by molar-refractivity contribution is 5.94. The van der Waals surface area contributed by atoms with Crippen molar-refractivity contribution >= 4 is 23.0 Å². The van der Waals surface area contributed by atoms with Gasteiger partial charge in [-0.1, -0.05) is 6.07 Å². The van der Waals surface area contributed by atoms with Gasteiger partial charge in [0.1, 0.15) is 12.4 Å². The Hall–Kier alpha value is -2.69. The van der Waals surface area contributed by atoms with Crippen molar-refractivity contribution in [1.82, 2.24) is 0 Å². The molecule has 5 heteroatoms. The van der Waals surface area contributed by atoms with Crippen molar-refractivity contribution in [3.05, 3.63) is 47.5 Å². The third-order valence-electron chi connectivity index (χ3n) is 4.07. The number of carbonyl (C=O) groups is 1. The number of nitrogen functional groups attached to an aromatic ring is 1. The summed E-state index contributed by atoms with van der Waals surface area (Å²) in [5.41, 5.74) is 10.6. The van der Waals surface area contributed by atoms with Gasteiger partial charge >= 0.3 is 0 Å². The van der Waals surface area contributed by atoms with Gasteiger partial charge in [0.25, 0.3) is 0 Å². The molecule has 0 bridgehead atoms. The summed E-state index contributed by atoms with van der Waals surface area (Å²) in [5.74, 6) is 0.716.